The molecule has 6 nitrogen and oxygen atoms in total. The Balaban J connectivity index is 1.75. The van der Waals surface area contributed by atoms with E-state index in [-0.39, 0.29) is 11.3 Å². The standard InChI is InChI=1S/C24H21ClN2O4/c1-15(21(28)16-7-3-2-4-8-16)26(22(29)17-11-13-18(25)14-12-17)27-23(30)19-9-5-6-10-20(19)24(27)31/h2-8,11-15,19-20H,9-10H2,1H3/t15-,19-,20-/m1/s1. The summed E-state index contributed by atoms with van der Waals surface area (Å²) in [5.41, 5.74) is 0.618. The van der Waals surface area contributed by atoms with Gasteiger partial charge in [0, 0.05) is 16.1 Å². The highest BCUT2D eigenvalue weighted by molar-refractivity contribution is 6.30. The highest BCUT2D eigenvalue weighted by Gasteiger charge is 2.52. The maximum absolute atomic E-state index is 13.5. The van der Waals surface area contributed by atoms with E-state index < -0.39 is 35.6 Å². The first-order valence-corrected chi connectivity index (χ1v) is 10.5. The molecule has 0 N–H and O–H groups in total. The number of fused-ring (bicyclic) bond motifs is 1. The molecule has 2 aromatic carbocycles. The van der Waals surface area contributed by atoms with Gasteiger partial charge in [-0.3, -0.25) is 19.2 Å². The molecule has 1 saturated heterocycles. The molecule has 3 atom stereocenters. The van der Waals surface area contributed by atoms with Crippen LogP contribution in [-0.4, -0.2) is 39.6 Å². The van der Waals surface area contributed by atoms with Crippen LogP contribution in [0.25, 0.3) is 0 Å². The largest absolute Gasteiger partial charge is 0.292 e. The summed E-state index contributed by atoms with van der Waals surface area (Å²) in [6.45, 7) is 1.53. The highest BCUT2D eigenvalue weighted by atomic mass is 35.5. The minimum absolute atomic E-state index is 0.228. The molecule has 0 bridgehead atoms. The van der Waals surface area contributed by atoms with E-state index in [4.69, 9.17) is 11.6 Å². The van der Waals surface area contributed by atoms with E-state index in [1.54, 1.807) is 42.5 Å². The molecule has 2 aromatic rings. The number of hydrogen-bond donors (Lipinski definition) is 0. The van der Waals surface area contributed by atoms with Crippen molar-refractivity contribution in [2.75, 3.05) is 0 Å². The van der Waals surface area contributed by atoms with Gasteiger partial charge in [-0.05, 0) is 44.0 Å². The molecular formula is C24H21ClN2O4. The molecule has 0 radical (unpaired) electrons. The summed E-state index contributed by atoms with van der Waals surface area (Å²) >= 11 is 5.94. The van der Waals surface area contributed by atoms with Gasteiger partial charge in [-0.1, -0.05) is 54.1 Å². The molecule has 1 aliphatic heterocycles. The van der Waals surface area contributed by atoms with E-state index in [2.05, 4.69) is 0 Å². The normalized spacial score (nSPS) is 21.0. The predicted octanol–water partition coefficient (Wildman–Crippen LogP) is 3.92. The van der Waals surface area contributed by atoms with Crippen molar-refractivity contribution in [3.05, 3.63) is 82.9 Å². The van der Waals surface area contributed by atoms with E-state index in [0.717, 1.165) is 10.0 Å². The number of halogens is 1. The lowest BCUT2D eigenvalue weighted by atomic mass is 9.85. The van der Waals surface area contributed by atoms with Crippen LogP contribution in [0.1, 0.15) is 40.5 Å². The topological polar surface area (TPSA) is 74.8 Å². The first kappa shape index (κ1) is 21.0. The zero-order valence-corrected chi connectivity index (χ0v) is 17.7. The van der Waals surface area contributed by atoms with E-state index in [1.807, 2.05) is 12.2 Å². The third kappa shape index (κ3) is 3.79. The Kier molecular flexibility index (Phi) is 5.74. The minimum atomic E-state index is -1.06. The Morgan fingerprint density at radius 1 is 0.903 bits per heavy atom. The Hall–Kier alpha value is -3.25. The third-order valence-electron chi connectivity index (χ3n) is 5.80. The number of allylic oxidation sites excluding steroid dienone is 2. The lowest BCUT2D eigenvalue weighted by Crippen LogP contribution is -2.56. The van der Waals surface area contributed by atoms with Crippen molar-refractivity contribution in [1.29, 1.82) is 0 Å². The average molecular weight is 437 g/mol. The summed E-state index contributed by atoms with van der Waals surface area (Å²) < 4.78 is 0. The molecule has 1 heterocycles. The van der Waals surface area contributed by atoms with E-state index in [0.29, 0.717) is 23.4 Å². The highest BCUT2D eigenvalue weighted by Crippen LogP contribution is 2.37. The van der Waals surface area contributed by atoms with E-state index in [1.165, 1.54) is 19.1 Å². The van der Waals surface area contributed by atoms with Crippen LogP contribution >= 0.6 is 11.6 Å². The van der Waals surface area contributed by atoms with Gasteiger partial charge in [0.15, 0.2) is 5.78 Å². The van der Waals surface area contributed by atoms with Gasteiger partial charge in [-0.2, -0.15) is 5.01 Å². The summed E-state index contributed by atoms with van der Waals surface area (Å²) in [5.74, 6) is -2.91. The first-order valence-electron chi connectivity index (χ1n) is 10.1. The first-order chi connectivity index (χ1) is 14.9. The summed E-state index contributed by atoms with van der Waals surface area (Å²) in [6.07, 6.45) is 4.63. The molecule has 0 saturated carbocycles. The summed E-state index contributed by atoms with van der Waals surface area (Å²) in [5, 5.41) is 2.36. The van der Waals surface area contributed by atoms with Gasteiger partial charge in [0.2, 0.25) is 0 Å². The molecule has 4 rings (SSSR count). The summed E-state index contributed by atoms with van der Waals surface area (Å²) in [6, 6.07) is 13.6. The second-order valence-electron chi connectivity index (χ2n) is 7.71. The number of imide groups is 1. The fourth-order valence-electron chi connectivity index (χ4n) is 4.11. The Labute approximate surface area is 185 Å². The lowest BCUT2D eigenvalue weighted by Gasteiger charge is -2.34. The van der Waals surface area contributed by atoms with Crippen LogP contribution in [0.5, 0.6) is 0 Å². The van der Waals surface area contributed by atoms with Crippen LogP contribution in [0.2, 0.25) is 5.02 Å². The zero-order chi connectivity index (χ0) is 22.1. The van der Waals surface area contributed by atoms with Crippen LogP contribution in [0.3, 0.4) is 0 Å². The number of amides is 3. The number of hydrogen-bond acceptors (Lipinski definition) is 4. The van der Waals surface area contributed by atoms with Crippen molar-refractivity contribution in [2.24, 2.45) is 11.8 Å². The van der Waals surface area contributed by atoms with E-state index >= 15 is 0 Å². The molecule has 0 spiro atoms. The van der Waals surface area contributed by atoms with Gasteiger partial charge in [0.05, 0.1) is 11.8 Å². The molecule has 2 aliphatic rings. The number of nitrogens with zero attached hydrogens (tertiary/aromatic N) is 2. The Morgan fingerprint density at radius 2 is 1.45 bits per heavy atom. The van der Waals surface area contributed by atoms with Crippen molar-refractivity contribution in [3.63, 3.8) is 0 Å². The molecule has 1 fully saturated rings. The van der Waals surface area contributed by atoms with Gasteiger partial charge in [-0.15, -0.1) is 0 Å². The molecule has 3 amide bonds. The van der Waals surface area contributed by atoms with Gasteiger partial charge < -0.3 is 0 Å². The lowest BCUT2D eigenvalue weighted by molar-refractivity contribution is -0.156. The van der Waals surface area contributed by atoms with E-state index in [9.17, 15) is 19.2 Å². The monoisotopic (exact) mass is 436 g/mol. The quantitative estimate of drug-likeness (QED) is 0.404. The van der Waals surface area contributed by atoms with Crippen molar-refractivity contribution in [2.45, 2.75) is 25.8 Å². The molecule has 158 valence electrons. The minimum Gasteiger partial charge on any atom is -0.292 e. The number of hydrazine groups is 1. The van der Waals surface area contributed by atoms with Gasteiger partial charge >= 0.3 is 0 Å². The maximum Gasteiger partial charge on any atom is 0.273 e. The van der Waals surface area contributed by atoms with Gasteiger partial charge in [-0.25, -0.2) is 5.01 Å². The molecular weight excluding hydrogens is 416 g/mol. The van der Waals surface area contributed by atoms with Gasteiger partial charge in [0.25, 0.3) is 17.7 Å². The number of rotatable bonds is 5. The van der Waals surface area contributed by atoms with Crippen LogP contribution < -0.4 is 0 Å². The second kappa shape index (κ2) is 8.47. The number of carbonyl (C=O) groups excluding carboxylic acids is 4. The summed E-state index contributed by atoms with van der Waals surface area (Å²) in [4.78, 5) is 53.0. The SMILES string of the molecule is C[C@H](C(=O)c1ccccc1)N(C(=O)c1ccc(Cl)cc1)N1C(=O)[C@@H]2CC=CC[C@H]2C1=O. The smallest absolute Gasteiger partial charge is 0.273 e. The predicted molar refractivity (Wildman–Crippen MR) is 115 cm³/mol. The second-order valence-corrected chi connectivity index (χ2v) is 8.14. The van der Waals surface area contributed by atoms with Crippen molar-refractivity contribution < 1.29 is 19.2 Å². The average Bonchev–Trinajstić information content (AvgIpc) is 3.05. The van der Waals surface area contributed by atoms with Crippen LogP contribution in [0.15, 0.2) is 66.7 Å². The fraction of sp³-hybridized carbons (Fsp3) is 0.250. The van der Waals surface area contributed by atoms with Crippen molar-refractivity contribution >= 4 is 35.1 Å². The van der Waals surface area contributed by atoms with Crippen LogP contribution in [0.4, 0.5) is 0 Å². The maximum atomic E-state index is 13.5. The zero-order valence-electron chi connectivity index (χ0n) is 16.9. The Bertz CT molecular complexity index is 1040. The molecule has 7 heteroatoms. The Morgan fingerprint density at radius 3 is 2.00 bits per heavy atom. The van der Waals surface area contributed by atoms with Crippen LogP contribution in [-0.2, 0) is 9.59 Å². The molecule has 0 aromatic heterocycles. The number of carbonyl (C=O) groups is 4. The van der Waals surface area contributed by atoms with Crippen molar-refractivity contribution in [1.82, 2.24) is 10.0 Å². The number of Topliss-reactive ketones (excluding diaryl/α,β-unsaturated/α-hetero) is 1. The number of benzene rings is 2. The third-order valence-corrected chi connectivity index (χ3v) is 6.06. The number of ketones is 1. The van der Waals surface area contributed by atoms with Crippen LogP contribution in [0, 0.1) is 11.8 Å². The van der Waals surface area contributed by atoms with Gasteiger partial charge in [0.1, 0.15) is 6.04 Å². The summed E-state index contributed by atoms with van der Waals surface area (Å²) in [7, 11) is 0. The molecule has 31 heavy (non-hydrogen) atoms. The van der Waals surface area contributed by atoms with Crippen molar-refractivity contribution in [3.8, 4) is 0 Å². The molecule has 1 aliphatic carbocycles. The molecule has 0 unspecified atom stereocenters. The fourth-order valence-corrected chi connectivity index (χ4v) is 4.24.